The van der Waals surface area contributed by atoms with Crippen LogP contribution in [0.1, 0.15) is 13.3 Å². The molecule has 0 radical (unpaired) electrons. The molecule has 0 saturated carbocycles. The fourth-order valence-corrected chi connectivity index (χ4v) is 0.924. The maximum Gasteiger partial charge on any atom is 0.273 e. The Hall–Kier alpha value is -0.460. The summed E-state index contributed by atoms with van der Waals surface area (Å²) in [6, 6.07) is 0. The zero-order chi connectivity index (χ0) is 9.12. The lowest BCUT2D eigenvalue weighted by molar-refractivity contribution is 0.244. The number of rotatable bonds is 4. The molecule has 0 aliphatic rings. The van der Waals surface area contributed by atoms with E-state index in [2.05, 4.69) is 0 Å². The van der Waals surface area contributed by atoms with Gasteiger partial charge in [0.25, 0.3) is 10.1 Å². The Kier molecular flexibility index (Phi) is 3.15. The lowest BCUT2D eigenvalue weighted by atomic mass is 10.1. The van der Waals surface area contributed by atoms with Gasteiger partial charge >= 0.3 is 0 Å². The first-order valence-corrected chi connectivity index (χ1v) is 4.38. The van der Waals surface area contributed by atoms with Crippen LogP contribution in [-0.4, -0.2) is 35.6 Å². The second kappa shape index (κ2) is 3.29. The number of hydrogen-bond acceptors (Lipinski definition) is 4. The third kappa shape index (κ3) is 2.25. The quantitative estimate of drug-likeness (QED) is 0.408. The maximum atomic E-state index is 10.6. The predicted molar refractivity (Wildman–Crippen MR) is 40.4 cm³/mol. The van der Waals surface area contributed by atoms with Crippen molar-refractivity contribution >= 4 is 16.3 Å². The van der Waals surface area contributed by atoms with Crippen molar-refractivity contribution in [3.8, 4) is 0 Å². The van der Waals surface area contributed by atoms with Crippen LogP contribution in [0.4, 0.5) is 0 Å². The summed E-state index contributed by atoms with van der Waals surface area (Å²) in [5.74, 6) is 0. The van der Waals surface area contributed by atoms with Crippen LogP contribution < -0.4 is 0 Å². The summed E-state index contributed by atoms with van der Waals surface area (Å²) in [5.41, 5.74) is 0. The first-order chi connectivity index (χ1) is 4.87. The van der Waals surface area contributed by atoms with Crippen LogP contribution in [0, 0.1) is 5.41 Å². The SMILES string of the molecule is CC(CO)(CC=N)S(=O)(=O)O. The van der Waals surface area contributed by atoms with Gasteiger partial charge in [0, 0.05) is 6.42 Å². The van der Waals surface area contributed by atoms with E-state index >= 15 is 0 Å². The summed E-state index contributed by atoms with van der Waals surface area (Å²) < 4.78 is 28.1. The van der Waals surface area contributed by atoms with Crippen molar-refractivity contribution in [1.29, 1.82) is 5.41 Å². The fraction of sp³-hybridized carbons (Fsp3) is 0.800. The fourth-order valence-electron chi connectivity index (χ4n) is 0.467. The Morgan fingerprint density at radius 3 is 2.18 bits per heavy atom. The van der Waals surface area contributed by atoms with Crippen molar-refractivity contribution < 1.29 is 18.1 Å². The Labute approximate surface area is 65.3 Å². The molecule has 0 aromatic carbocycles. The Morgan fingerprint density at radius 2 is 2.09 bits per heavy atom. The Morgan fingerprint density at radius 1 is 1.64 bits per heavy atom. The molecule has 66 valence electrons. The van der Waals surface area contributed by atoms with E-state index in [1.54, 1.807) is 0 Å². The minimum Gasteiger partial charge on any atom is -0.395 e. The zero-order valence-corrected chi connectivity index (χ0v) is 6.93. The van der Waals surface area contributed by atoms with E-state index in [9.17, 15) is 8.42 Å². The highest BCUT2D eigenvalue weighted by Gasteiger charge is 2.36. The van der Waals surface area contributed by atoms with E-state index in [-0.39, 0.29) is 6.42 Å². The van der Waals surface area contributed by atoms with Crippen LogP contribution in [0.3, 0.4) is 0 Å². The molecule has 0 bridgehead atoms. The molecular formula is C5H11NO4S. The molecule has 6 heteroatoms. The average molecular weight is 181 g/mol. The molecule has 1 unspecified atom stereocenters. The molecule has 0 fully saturated rings. The van der Waals surface area contributed by atoms with E-state index < -0.39 is 21.5 Å². The highest BCUT2D eigenvalue weighted by atomic mass is 32.2. The van der Waals surface area contributed by atoms with Crippen molar-refractivity contribution in [2.75, 3.05) is 6.61 Å². The van der Waals surface area contributed by atoms with Gasteiger partial charge < -0.3 is 10.5 Å². The minimum absolute atomic E-state index is 0.192. The van der Waals surface area contributed by atoms with Gasteiger partial charge in [-0.05, 0) is 13.1 Å². The van der Waals surface area contributed by atoms with Crippen LogP contribution in [0.2, 0.25) is 0 Å². The third-order valence-electron chi connectivity index (χ3n) is 1.49. The first-order valence-electron chi connectivity index (χ1n) is 2.94. The van der Waals surface area contributed by atoms with Crippen molar-refractivity contribution in [2.24, 2.45) is 0 Å². The van der Waals surface area contributed by atoms with E-state index in [4.69, 9.17) is 15.1 Å². The monoisotopic (exact) mass is 181 g/mol. The molecule has 0 aromatic heterocycles. The second-order valence-electron chi connectivity index (χ2n) is 2.49. The van der Waals surface area contributed by atoms with Gasteiger partial charge in [-0.2, -0.15) is 8.42 Å². The van der Waals surface area contributed by atoms with Crippen molar-refractivity contribution in [1.82, 2.24) is 0 Å². The van der Waals surface area contributed by atoms with Crippen molar-refractivity contribution in [2.45, 2.75) is 18.1 Å². The van der Waals surface area contributed by atoms with Crippen LogP contribution in [0.5, 0.6) is 0 Å². The van der Waals surface area contributed by atoms with Gasteiger partial charge in [0.15, 0.2) is 0 Å². The number of hydrogen-bond donors (Lipinski definition) is 3. The first kappa shape index (κ1) is 10.5. The molecule has 0 aliphatic heterocycles. The van der Waals surface area contributed by atoms with Gasteiger partial charge in [0.05, 0.1) is 6.61 Å². The summed E-state index contributed by atoms with van der Waals surface area (Å²) in [7, 11) is -4.28. The smallest absolute Gasteiger partial charge is 0.273 e. The van der Waals surface area contributed by atoms with Gasteiger partial charge in [-0.1, -0.05) is 0 Å². The summed E-state index contributed by atoms with van der Waals surface area (Å²) in [6.45, 7) is 0.481. The van der Waals surface area contributed by atoms with E-state index in [1.165, 1.54) is 6.92 Å². The van der Waals surface area contributed by atoms with Crippen LogP contribution in [0.15, 0.2) is 0 Å². The number of nitrogens with one attached hydrogen (secondary N) is 1. The minimum atomic E-state index is -4.28. The standard InChI is InChI=1S/C5H11NO4S/c1-5(4-7,2-3-6)11(8,9)10/h3,6-7H,2,4H2,1H3,(H,8,9,10). The molecule has 0 amide bonds. The van der Waals surface area contributed by atoms with Crippen molar-refractivity contribution in [3.05, 3.63) is 0 Å². The van der Waals surface area contributed by atoms with Gasteiger partial charge in [0.1, 0.15) is 4.75 Å². The number of aliphatic hydroxyl groups is 1. The molecule has 0 aromatic rings. The van der Waals surface area contributed by atoms with Crippen LogP contribution >= 0.6 is 0 Å². The van der Waals surface area contributed by atoms with Gasteiger partial charge in [-0.25, -0.2) is 0 Å². The molecule has 11 heavy (non-hydrogen) atoms. The molecule has 5 nitrogen and oxygen atoms in total. The van der Waals surface area contributed by atoms with E-state index in [1.807, 2.05) is 0 Å². The van der Waals surface area contributed by atoms with E-state index in [0.29, 0.717) is 0 Å². The lowest BCUT2D eigenvalue weighted by Gasteiger charge is -2.20. The molecule has 0 heterocycles. The predicted octanol–water partition coefficient (Wildman–Crippen LogP) is -0.335. The molecule has 0 aliphatic carbocycles. The highest BCUT2D eigenvalue weighted by Crippen LogP contribution is 2.17. The molecule has 0 spiro atoms. The molecule has 1 atom stereocenters. The maximum absolute atomic E-state index is 10.6. The Bertz CT molecular complexity index is 235. The van der Waals surface area contributed by atoms with Gasteiger partial charge in [-0.3, -0.25) is 4.55 Å². The summed E-state index contributed by atoms with van der Waals surface area (Å²) in [5, 5.41) is 15.2. The average Bonchev–Trinajstić information content (AvgIpc) is 1.86. The summed E-state index contributed by atoms with van der Waals surface area (Å²) >= 11 is 0. The molecule has 3 N–H and O–H groups in total. The molecule has 0 rings (SSSR count). The van der Waals surface area contributed by atoms with Crippen LogP contribution in [0.25, 0.3) is 0 Å². The van der Waals surface area contributed by atoms with Crippen LogP contribution in [-0.2, 0) is 10.1 Å². The zero-order valence-electron chi connectivity index (χ0n) is 6.11. The topological polar surface area (TPSA) is 98.5 Å². The van der Waals surface area contributed by atoms with Gasteiger partial charge in [-0.15, -0.1) is 0 Å². The summed E-state index contributed by atoms with van der Waals surface area (Å²) in [4.78, 5) is 0. The molecule has 0 saturated heterocycles. The Balaban J connectivity index is 4.75. The normalized spacial score (nSPS) is 17.4. The summed E-state index contributed by atoms with van der Waals surface area (Å²) in [6.07, 6.45) is 0.645. The van der Waals surface area contributed by atoms with E-state index in [0.717, 1.165) is 6.21 Å². The molecular weight excluding hydrogens is 170 g/mol. The third-order valence-corrected chi connectivity index (χ3v) is 3.03. The highest BCUT2D eigenvalue weighted by molar-refractivity contribution is 7.87. The van der Waals surface area contributed by atoms with Crippen molar-refractivity contribution in [3.63, 3.8) is 0 Å². The lowest BCUT2D eigenvalue weighted by Crippen LogP contribution is -2.39. The largest absolute Gasteiger partial charge is 0.395 e. The number of aliphatic hydroxyl groups excluding tert-OH is 1. The second-order valence-corrected chi connectivity index (χ2v) is 4.43. The van der Waals surface area contributed by atoms with Gasteiger partial charge in [0.2, 0.25) is 0 Å².